The van der Waals surface area contributed by atoms with Crippen molar-refractivity contribution in [1.82, 2.24) is 15.2 Å². The molecule has 1 aromatic heterocycles. The third-order valence-electron chi connectivity index (χ3n) is 3.39. The summed E-state index contributed by atoms with van der Waals surface area (Å²) in [6.07, 6.45) is 1.46. The molecule has 25 heavy (non-hydrogen) atoms. The largest absolute Gasteiger partial charge is 0.496 e. The Kier molecular flexibility index (Phi) is 4.98. The van der Waals surface area contributed by atoms with E-state index in [1.165, 1.54) is 12.3 Å². The number of methoxy groups -OCH3 is 1. The van der Waals surface area contributed by atoms with E-state index in [1.54, 1.807) is 7.11 Å². The van der Waals surface area contributed by atoms with Crippen molar-refractivity contribution in [3.05, 3.63) is 65.9 Å². The fraction of sp³-hybridized carbons (Fsp3) is 0.118. The second-order valence-corrected chi connectivity index (χ2v) is 5.08. The van der Waals surface area contributed by atoms with Gasteiger partial charge in [-0.15, -0.1) is 5.10 Å². The van der Waals surface area contributed by atoms with Crippen LogP contribution in [-0.4, -0.2) is 22.3 Å². The minimum absolute atomic E-state index is 0.163. The highest BCUT2D eigenvalue weighted by atomic mass is 19.2. The van der Waals surface area contributed by atoms with Crippen LogP contribution in [0.25, 0.3) is 0 Å². The molecule has 3 rings (SSSR count). The van der Waals surface area contributed by atoms with E-state index < -0.39 is 11.6 Å². The van der Waals surface area contributed by atoms with Gasteiger partial charge in [0.2, 0.25) is 5.95 Å². The summed E-state index contributed by atoms with van der Waals surface area (Å²) in [6, 6.07) is 11.0. The van der Waals surface area contributed by atoms with Gasteiger partial charge in [-0.3, -0.25) is 0 Å². The molecule has 2 aromatic carbocycles. The molecule has 1 heterocycles. The normalized spacial score (nSPS) is 10.4. The number of anilines is 3. The highest BCUT2D eigenvalue weighted by Gasteiger charge is 2.06. The molecule has 0 unspecified atom stereocenters. The summed E-state index contributed by atoms with van der Waals surface area (Å²) in [4.78, 5) is 4.24. The number of ether oxygens (including phenoxy) is 1. The van der Waals surface area contributed by atoms with Crippen molar-refractivity contribution in [2.45, 2.75) is 6.54 Å². The molecule has 128 valence electrons. The Morgan fingerprint density at radius 1 is 1.08 bits per heavy atom. The van der Waals surface area contributed by atoms with E-state index in [2.05, 4.69) is 25.8 Å². The maximum Gasteiger partial charge on any atom is 0.249 e. The smallest absolute Gasteiger partial charge is 0.249 e. The zero-order chi connectivity index (χ0) is 17.6. The van der Waals surface area contributed by atoms with Crippen LogP contribution in [0.5, 0.6) is 5.75 Å². The van der Waals surface area contributed by atoms with Crippen LogP contribution in [0.4, 0.5) is 26.2 Å². The molecular formula is C17H15F2N5O. The topological polar surface area (TPSA) is 72.0 Å². The Balaban J connectivity index is 1.70. The number of nitrogens with one attached hydrogen (secondary N) is 2. The van der Waals surface area contributed by atoms with Crippen molar-refractivity contribution in [2.24, 2.45) is 0 Å². The number of hydrogen-bond donors (Lipinski definition) is 2. The lowest BCUT2D eigenvalue weighted by atomic mass is 10.2. The van der Waals surface area contributed by atoms with Gasteiger partial charge in [0.15, 0.2) is 17.5 Å². The minimum atomic E-state index is -0.955. The molecule has 0 saturated heterocycles. The first kappa shape index (κ1) is 16.6. The van der Waals surface area contributed by atoms with Crippen molar-refractivity contribution >= 4 is 17.5 Å². The molecule has 0 aliphatic carbocycles. The lowest BCUT2D eigenvalue weighted by molar-refractivity contribution is 0.410. The molecule has 0 saturated carbocycles. The summed E-state index contributed by atoms with van der Waals surface area (Å²) >= 11 is 0. The average Bonchev–Trinajstić information content (AvgIpc) is 2.63. The quantitative estimate of drug-likeness (QED) is 0.714. The van der Waals surface area contributed by atoms with Crippen LogP contribution in [0, 0.1) is 11.6 Å². The molecule has 8 heteroatoms. The highest BCUT2D eigenvalue weighted by Crippen LogP contribution is 2.19. The highest BCUT2D eigenvalue weighted by molar-refractivity contribution is 5.54. The van der Waals surface area contributed by atoms with E-state index >= 15 is 0 Å². The third kappa shape index (κ3) is 4.17. The Labute approximate surface area is 142 Å². The van der Waals surface area contributed by atoms with E-state index in [-0.39, 0.29) is 5.95 Å². The van der Waals surface area contributed by atoms with Crippen LogP contribution < -0.4 is 15.4 Å². The summed E-state index contributed by atoms with van der Waals surface area (Å²) in [5, 5.41) is 13.6. The summed E-state index contributed by atoms with van der Waals surface area (Å²) < 4.78 is 31.5. The molecule has 0 bridgehead atoms. The summed E-state index contributed by atoms with van der Waals surface area (Å²) in [7, 11) is 1.61. The van der Waals surface area contributed by atoms with E-state index in [0.717, 1.165) is 23.4 Å². The van der Waals surface area contributed by atoms with E-state index in [1.807, 2.05) is 24.3 Å². The van der Waals surface area contributed by atoms with Gasteiger partial charge >= 0.3 is 0 Å². The van der Waals surface area contributed by atoms with Gasteiger partial charge in [-0.25, -0.2) is 8.78 Å². The maximum absolute atomic E-state index is 13.2. The molecule has 0 spiro atoms. The zero-order valence-electron chi connectivity index (χ0n) is 13.3. The van der Waals surface area contributed by atoms with Gasteiger partial charge < -0.3 is 15.4 Å². The first-order valence-electron chi connectivity index (χ1n) is 7.43. The SMILES string of the molecule is COc1ccccc1CNc1cnnc(Nc2ccc(F)c(F)c2)n1. The maximum atomic E-state index is 13.2. The number of halogens is 2. The molecule has 3 aromatic rings. The Bertz CT molecular complexity index is 875. The lowest BCUT2D eigenvalue weighted by Gasteiger charge is -2.10. The Hall–Kier alpha value is -3.29. The molecule has 0 radical (unpaired) electrons. The number of aromatic nitrogens is 3. The molecular weight excluding hydrogens is 328 g/mol. The van der Waals surface area contributed by atoms with Crippen molar-refractivity contribution < 1.29 is 13.5 Å². The second-order valence-electron chi connectivity index (χ2n) is 5.08. The van der Waals surface area contributed by atoms with E-state index in [9.17, 15) is 8.78 Å². The van der Waals surface area contributed by atoms with Gasteiger partial charge in [0, 0.05) is 23.9 Å². The Morgan fingerprint density at radius 3 is 2.72 bits per heavy atom. The predicted octanol–water partition coefficient (Wildman–Crippen LogP) is 3.51. The van der Waals surface area contributed by atoms with Crippen molar-refractivity contribution in [3.63, 3.8) is 0 Å². The lowest BCUT2D eigenvalue weighted by Crippen LogP contribution is -2.06. The number of para-hydroxylation sites is 1. The summed E-state index contributed by atoms with van der Waals surface area (Å²) in [6.45, 7) is 0.479. The van der Waals surface area contributed by atoms with Crippen LogP contribution >= 0.6 is 0 Å². The number of nitrogens with zero attached hydrogens (tertiary/aromatic N) is 3. The summed E-state index contributed by atoms with van der Waals surface area (Å²) in [5.41, 5.74) is 1.28. The van der Waals surface area contributed by atoms with Crippen LogP contribution in [-0.2, 0) is 6.54 Å². The zero-order valence-corrected chi connectivity index (χ0v) is 13.3. The first-order valence-corrected chi connectivity index (χ1v) is 7.43. The fourth-order valence-corrected chi connectivity index (χ4v) is 2.18. The van der Waals surface area contributed by atoms with Gasteiger partial charge in [-0.1, -0.05) is 18.2 Å². The van der Waals surface area contributed by atoms with Crippen LogP contribution in [0.15, 0.2) is 48.7 Å². The molecule has 6 nitrogen and oxygen atoms in total. The van der Waals surface area contributed by atoms with Gasteiger partial charge in [0.1, 0.15) is 5.75 Å². The number of rotatable bonds is 6. The number of hydrogen-bond acceptors (Lipinski definition) is 6. The van der Waals surface area contributed by atoms with Gasteiger partial charge in [-0.2, -0.15) is 10.1 Å². The van der Waals surface area contributed by atoms with E-state index in [0.29, 0.717) is 18.1 Å². The van der Waals surface area contributed by atoms with Crippen molar-refractivity contribution in [1.29, 1.82) is 0 Å². The van der Waals surface area contributed by atoms with Crippen molar-refractivity contribution in [3.8, 4) is 5.75 Å². The molecule has 0 aliphatic heterocycles. The van der Waals surface area contributed by atoms with Gasteiger partial charge in [-0.05, 0) is 18.2 Å². The van der Waals surface area contributed by atoms with E-state index in [4.69, 9.17) is 4.74 Å². The molecule has 0 fully saturated rings. The fourth-order valence-electron chi connectivity index (χ4n) is 2.18. The van der Waals surface area contributed by atoms with Gasteiger partial charge in [0.25, 0.3) is 0 Å². The van der Waals surface area contributed by atoms with Crippen LogP contribution in [0.2, 0.25) is 0 Å². The standard InChI is InChI=1S/C17H15F2N5O/c1-25-15-5-3-2-4-11(15)9-20-16-10-21-24-17(23-16)22-12-6-7-13(18)14(19)8-12/h2-8,10H,9H2,1H3,(H2,20,22,23,24). The first-order chi connectivity index (χ1) is 12.2. The minimum Gasteiger partial charge on any atom is -0.496 e. The van der Waals surface area contributed by atoms with Crippen molar-refractivity contribution in [2.75, 3.05) is 17.7 Å². The Morgan fingerprint density at radius 2 is 1.92 bits per heavy atom. The van der Waals surface area contributed by atoms with Gasteiger partial charge in [0.05, 0.1) is 13.3 Å². The van der Waals surface area contributed by atoms with Crippen LogP contribution in [0.3, 0.4) is 0 Å². The molecule has 0 aliphatic rings. The van der Waals surface area contributed by atoms with Crippen LogP contribution in [0.1, 0.15) is 5.56 Å². The average molecular weight is 343 g/mol. The molecule has 2 N–H and O–H groups in total. The predicted molar refractivity (Wildman–Crippen MR) is 89.8 cm³/mol. The molecule has 0 amide bonds. The number of benzene rings is 2. The third-order valence-corrected chi connectivity index (χ3v) is 3.39. The molecule has 0 atom stereocenters. The second kappa shape index (κ2) is 7.52. The monoisotopic (exact) mass is 343 g/mol. The summed E-state index contributed by atoms with van der Waals surface area (Å²) in [5.74, 6) is -0.473.